The van der Waals surface area contributed by atoms with Gasteiger partial charge in [-0.3, -0.25) is 9.97 Å². The number of pyridine rings is 2. The van der Waals surface area contributed by atoms with Gasteiger partial charge in [0.15, 0.2) is 0 Å². The summed E-state index contributed by atoms with van der Waals surface area (Å²) >= 11 is 0. The third kappa shape index (κ3) is 16.0. The minimum Gasteiger partial charge on any atom is -1.00 e. The molecular weight excluding hydrogens is 982 g/mol. The maximum atomic E-state index is 5.30. The molecule has 0 saturated heterocycles. The van der Waals surface area contributed by atoms with Gasteiger partial charge in [-0.2, -0.15) is 0 Å². The van der Waals surface area contributed by atoms with E-state index in [4.69, 9.17) is 5.73 Å². The van der Waals surface area contributed by atoms with Gasteiger partial charge in [-0.05, 0) is 96.4 Å². The minimum atomic E-state index is 0. The molecule has 6 N–H and O–H groups in total. The zero-order valence-corrected chi connectivity index (χ0v) is 43.6. The number of nitrogens with one attached hydrogen (secondary N) is 4. The molecule has 0 spiro atoms. The van der Waals surface area contributed by atoms with E-state index >= 15 is 0 Å². The summed E-state index contributed by atoms with van der Waals surface area (Å²) in [4.78, 5) is 7.84. The van der Waals surface area contributed by atoms with Crippen molar-refractivity contribution in [2.24, 2.45) is 58.9 Å². The lowest BCUT2D eigenvalue weighted by Crippen LogP contribution is -3.00. The number of hydrogen-bond donors (Lipinski definition) is 5. The second kappa shape index (κ2) is 28.3. The fourth-order valence-electron chi connectivity index (χ4n) is 7.56. The van der Waals surface area contributed by atoms with Crippen molar-refractivity contribution in [3.63, 3.8) is 0 Å². The second-order valence-electron chi connectivity index (χ2n) is 16.7. The highest BCUT2D eigenvalue weighted by Crippen LogP contribution is 2.33. The number of nitrogens with two attached hydrogens (primary N) is 1. The Bertz CT molecular complexity index is 3370. The Kier molecular flexibility index (Phi) is 20.8. The van der Waals surface area contributed by atoms with Crippen molar-refractivity contribution < 1.29 is 33.9 Å². The van der Waals surface area contributed by atoms with Gasteiger partial charge in [0.1, 0.15) is 17.1 Å². The van der Waals surface area contributed by atoms with Crippen LogP contribution in [0.2, 0.25) is 0 Å². The molecule has 0 aliphatic heterocycles. The average molecular weight is 1040 g/mol. The summed E-state index contributed by atoms with van der Waals surface area (Å²) in [6.45, 7) is 3.17. The van der Waals surface area contributed by atoms with E-state index < -0.39 is 0 Å². The first-order chi connectivity index (χ1) is 35.8. The van der Waals surface area contributed by atoms with Gasteiger partial charge in [0.25, 0.3) is 0 Å². The number of benzene rings is 6. The lowest BCUT2D eigenvalue weighted by Gasteiger charge is -2.12. The van der Waals surface area contributed by atoms with Crippen LogP contribution in [0.1, 0.15) is 0 Å². The number of fused-ring (bicyclic) bond motifs is 2. The lowest BCUT2D eigenvalue weighted by atomic mass is 10.1. The van der Waals surface area contributed by atoms with E-state index in [0.717, 1.165) is 94.3 Å². The molecule has 10 rings (SSSR count). The largest absolute Gasteiger partial charge is 1.00 e. The Labute approximate surface area is 448 Å². The number of rotatable bonds is 16. The van der Waals surface area contributed by atoms with E-state index in [1.54, 1.807) is 36.9 Å². The third-order valence-electron chi connectivity index (χ3n) is 11.4. The molecule has 10 aromatic rings. The number of imidazole rings is 2. The molecule has 4 aromatic heterocycles. The Morgan fingerprint density at radius 3 is 1.45 bits per heavy atom. The van der Waals surface area contributed by atoms with E-state index in [1.165, 1.54) is 10.8 Å². The van der Waals surface area contributed by atoms with Crippen molar-refractivity contribution in [3.8, 4) is 0 Å². The van der Waals surface area contributed by atoms with Crippen LogP contribution in [-0.4, -0.2) is 45.3 Å². The molecule has 17 nitrogen and oxygen atoms in total. The topological polar surface area (TPSA) is 192 Å². The first-order valence-corrected chi connectivity index (χ1v) is 23.8. The quantitative estimate of drug-likeness (QED) is 0.0422. The second-order valence-corrected chi connectivity index (χ2v) is 16.7. The molecular formula is C56H59Cl2N17. The maximum Gasteiger partial charge on any atom is 0.421 e. The molecule has 6 aromatic carbocycles. The van der Waals surface area contributed by atoms with Crippen molar-refractivity contribution >= 4 is 84.6 Å². The van der Waals surface area contributed by atoms with Crippen molar-refractivity contribution in [3.05, 3.63) is 201 Å². The standard InChI is InChI=1S/C28H27N9.C23H24N6.C5H6N2.2ClH/c1-36-18-19-37(2)28(36)35-32-22-11-9-21(10-12-22)30-16-17-31-26-13-14-27(25-8-4-3-7-24(25)26)34-33-23-6-5-15-29-20-23;1-28-16-17-29(2)23(28)27-26-20-12-10-19(11-13-20)24-14-15-25-22-9-5-7-18-6-3-4-8-21(18)22;6-5-2-1-3-7-4-5;;/h3-15,18-20H,16-17H2,1-2H3,(H,31,33);3-13,16-17,25H,14-15H2,1-2H3;1-4H,6H2;2*1H. The van der Waals surface area contributed by atoms with Gasteiger partial charge >= 0.3 is 11.9 Å². The smallest absolute Gasteiger partial charge is 0.421 e. The van der Waals surface area contributed by atoms with Crippen LogP contribution in [0.25, 0.3) is 21.5 Å². The zero-order valence-electron chi connectivity index (χ0n) is 42.1. The molecule has 0 radical (unpaired) electrons. The van der Waals surface area contributed by atoms with Gasteiger partial charge in [0.2, 0.25) is 0 Å². The highest BCUT2D eigenvalue weighted by atomic mass is 35.5. The fraction of sp³-hybridized carbons (Fsp3) is 0.143. The number of halogens is 2. The number of aryl methyl sites for hydroxylation is 4. The Morgan fingerprint density at radius 1 is 0.453 bits per heavy atom. The van der Waals surface area contributed by atoms with Gasteiger partial charge in [-0.1, -0.05) is 70.9 Å². The van der Waals surface area contributed by atoms with Crippen LogP contribution >= 0.6 is 0 Å². The molecule has 0 aliphatic rings. The highest BCUT2D eigenvalue weighted by Gasteiger charge is 2.12. The van der Waals surface area contributed by atoms with Crippen LogP contribution in [0.4, 0.5) is 63.1 Å². The number of hydrogen-bond acceptors (Lipinski definition) is 13. The van der Waals surface area contributed by atoms with Crippen molar-refractivity contribution in [1.82, 2.24) is 19.1 Å². The first-order valence-electron chi connectivity index (χ1n) is 23.8. The summed E-state index contributed by atoms with van der Waals surface area (Å²) in [5, 5.41) is 44.7. The molecule has 4 heterocycles. The van der Waals surface area contributed by atoms with Gasteiger partial charge < -0.3 is 51.8 Å². The monoisotopic (exact) mass is 1040 g/mol. The number of nitrogens with zero attached hydrogens (tertiary/aromatic N) is 12. The predicted molar refractivity (Wildman–Crippen MR) is 293 cm³/mol. The Balaban J connectivity index is 0.000000215. The van der Waals surface area contributed by atoms with Crippen LogP contribution in [0, 0.1) is 0 Å². The van der Waals surface area contributed by atoms with Crippen molar-refractivity contribution in [1.29, 1.82) is 0 Å². The van der Waals surface area contributed by atoms with E-state index in [0.29, 0.717) is 5.69 Å². The number of anilines is 5. The van der Waals surface area contributed by atoms with Crippen LogP contribution < -0.4 is 60.9 Å². The minimum absolute atomic E-state index is 0. The molecule has 75 heavy (non-hydrogen) atoms. The first kappa shape index (κ1) is 55.3. The molecule has 382 valence electrons. The summed E-state index contributed by atoms with van der Waals surface area (Å²) in [6, 6.07) is 50.2. The molecule has 0 fully saturated rings. The van der Waals surface area contributed by atoms with Gasteiger partial charge in [-0.25, -0.2) is 18.3 Å². The highest BCUT2D eigenvalue weighted by molar-refractivity contribution is 6.01. The number of aromatic nitrogens is 6. The predicted octanol–water partition coefficient (Wildman–Crippen LogP) is 6.37. The van der Waals surface area contributed by atoms with E-state index in [1.807, 2.05) is 156 Å². The SMILES string of the molecule is Cn1cc[n+](C)c1N=Nc1ccc(NCCNc2ccc(N=Nc3cccnc3)c3ccccc23)cc1.Cn1cc[n+](C)c1N=Nc1ccc(NCCNc2cccc3ccccc23)cc1.Nc1cccnc1.[Cl-].[Cl-]. The fourth-order valence-corrected chi connectivity index (χ4v) is 7.56. The molecule has 0 unspecified atom stereocenters. The number of azo groups is 3. The van der Waals surface area contributed by atoms with Crippen LogP contribution in [0.5, 0.6) is 0 Å². The maximum absolute atomic E-state index is 5.30. The van der Waals surface area contributed by atoms with E-state index in [9.17, 15) is 0 Å². The third-order valence-corrected chi connectivity index (χ3v) is 11.4. The van der Waals surface area contributed by atoms with Gasteiger partial charge in [-0.15, -0.1) is 10.2 Å². The summed E-state index contributed by atoms with van der Waals surface area (Å²) in [5.74, 6) is 1.58. The lowest BCUT2D eigenvalue weighted by molar-refractivity contribution is -0.657. The van der Waals surface area contributed by atoms with Crippen molar-refractivity contribution in [2.75, 3.05) is 53.2 Å². The Morgan fingerprint density at radius 2 is 0.947 bits per heavy atom. The summed E-state index contributed by atoms with van der Waals surface area (Å²) in [6.07, 6.45) is 14.5. The number of nitrogen functional groups attached to an aromatic ring is 1. The van der Waals surface area contributed by atoms with Crippen LogP contribution in [0.3, 0.4) is 0 Å². The normalized spacial score (nSPS) is 10.8. The van der Waals surface area contributed by atoms with Gasteiger partial charge in [0, 0.05) is 93.9 Å². The van der Waals surface area contributed by atoms with Gasteiger partial charge in [0.05, 0.1) is 70.5 Å². The zero-order chi connectivity index (χ0) is 50.6. The van der Waals surface area contributed by atoms with Crippen LogP contribution in [-0.2, 0) is 28.2 Å². The molecule has 0 saturated carbocycles. The molecule has 0 atom stereocenters. The van der Waals surface area contributed by atoms with E-state index in [-0.39, 0.29) is 24.8 Å². The van der Waals surface area contributed by atoms with Crippen LogP contribution in [0.15, 0.2) is 232 Å². The van der Waals surface area contributed by atoms with E-state index in [2.05, 4.69) is 117 Å². The summed E-state index contributed by atoms with van der Waals surface area (Å²) < 4.78 is 7.72. The van der Waals surface area contributed by atoms with Crippen molar-refractivity contribution in [2.45, 2.75) is 0 Å². The average Bonchev–Trinajstić information content (AvgIpc) is 3.94. The molecule has 0 aliphatic carbocycles. The molecule has 0 amide bonds. The molecule has 19 heteroatoms. The summed E-state index contributed by atoms with van der Waals surface area (Å²) in [7, 11) is 7.80. The Hall–Kier alpha value is -9.06. The summed E-state index contributed by atoms with van der Waals surface area (Å²) in [5.41, 5.74) is 13.5. The molecule has 0 bridgehead atoms.